The summed E-state index contributed by atoms with van der Waals surface area (Å²) in [5.74, 6) is -0.0689. The number of hydrogen-bond acceptors (Lipinski definition) is 4. The highest BCUT2D eigenvalue weighted by Gasteiger charge is 2.21. The van der Waals surface area contributed by atoms with Crippen LogP contribution in [-0.4, -0.2) is 36.7 Å². The Labute approximate surface area is 178 Å². The van der Waals surface area contributed by atoms with Gasteiger partial charge in [0, 0.05) is 29.9 Å². The number of carbonyl (C=O) groups is 1. The first kappa shape index (κ1) is 21.9. The predicted octanol–water partition coefficient (Wildman–Crippen LogP) is 4.64. The molecular weight excluding hydrogens is 398 g/mol. The molecule has 0 spiro atoms. The fraction of sp³-hybridized carbons (Fsp3) is 0.304. The number of sulfonamides is 1. The normalized spacial score (nSPS) is 11.9. The lowest BCUT2D eigenvalue weighted by molar-refractivity contribution is 0.102. The summed E-state index contributed by atoms with van der Waals surface area (Å²) >= 11 is 0. The Morgan fingerprint density at radius 3 is 2.27 bits per heavy atom. The van der Waals surface area contributed by atoms with Crippen LogP contribution in [0.1, 0.15) is 49.7 Å². The summed E-state index contributed by atoms with van der Waals surface area (Å²) in [7, 11) is -3.53. The van der Waals surface area contributed by atoms with Gasteiger partial charge in [0.05, 0.1) is 16.0 Å². The molecule has 0 aliphatic carbocycles. The number of fused-ring (bicyclic) bond motifs is 1. The van der Waals surface area contributed by atoms with Gasteiger partial charge in [0.1, 0.15) is 0 Å². The molecule has 0 atom stereocenters. The van der Waals surface area contributed by atoms with Crippen LogP contribution in [0.25, 0.3) is 10.9 Å². The number of para-hydroxylation sites is 1. The van der Waals surface area contributed by atoms with Crippen LogP contribution in [0.15, 0.2) is 59.5 Å². The molecule has 0 unspecified atom stereocenters. The van der Waals surface area contributed by atoms with Crippen molar-refractivity contribution in [3.8, 4) is 0 Å². The third-order valence-corrected chi connectivity index (χ3v) is 7.09. The van der Waals surface area contributed by atoms with E-state index in [1.807, 2.05) is 44.2 Å². The van der Waals surface area contributed by atoms with Crippen LogP contribution < -0.4 is 5.32 Å². The molecular formula is C23H27N3O3S. The Morgan fingerprint density at radius 1 is 1.03 bits per heavy atom. The molecule has 0 bridgehead atoms. The zero-order chi connectivity index (χ0) is 21.9. The highest BCUT2D eigenvalue weighted by molar-refractivity contribution is 7.89. The number of nitrogens with zero attached hydrogens (tertiary/aromatic N) is 2. The van der Waals surface area contributed by atoms with Gasteiger partial charge in [-0.1, -0.05) is 45.9 Å². The van der Waals surface area contributed by atoms with Crippen molar-refractivity contribution in [1.29, 1.82) is 0 Å². The van der Waals surface area contributed by atoms with Crippen molar-refractivity contribution >= 4 is 32.5 Å². The topological polar surface area (TPSA) is 79.4 Å². The molecule has 6 nitrogen and oxygen atoms in total. The second kappa shape index (κ2) is 8.93. The van der Waals surface area contributed by atoms with Gasteiger partial charge in [-0.05, 0) is 42.3 Å². The molecule has 3 aromatic rings. The Bertz CT molecular complexity index is 1150. The molecule has 3 rings (SSSR count). The zero-order valence-corrected chi connectivity index (χ0v) is 18.5. The number of amides is 1. The van der Waals surface area contributed by atoms with E-state index >= 15 is 0 Å². The quantitative estimate of drug-likeness (QED) is 0.598. The van der Waals surface area contributed by atoms with Crippen LogP contribution in [-0.2, 0) is 10.0 Å². The highest BCUT2D eigenvalue weighted by atomic mass is 32.2. The molecule has 158 valence electrons. The van der Waals surface area contributed by atoms with E-state index in [0.717, 1.165) is 16.6 Å². The van der Waals surface area contributed by atoms with Gasteiger partial charge in [0.15, 0.2) is 0 Å². The minimum absolute atomic E-state index is 0.186. The van der Waals surface area contributed by atoms with Gasteiger partial charge in [-0.25, -0.2) is 8.42 Å². The van der Waals surface area contributed by atoms with E-state index in [0.29, 0.717) is 24.3 Å². The van der Waals surface area contributed by atoms with E-state index in [1.54, 1.807) is 26.0 Å². The van der Waals surface area contributed by atoms with E-state index in [-0.39, 0.29) is 16.7 Å². The number of benzene rings is 2. The van der Waals surface area contributed by atoms with Crippen molar-refractivity contribution in [3.05, 3.63) is 65.9 Å². The lowest BCUT2D eigenvalue weighted by Crippen LogP contribution is -2.30. The highest BCUT2D eigenvalue weighted by Crippen LogP contribution is 2.24. The maximum atomic E-state index is 13.0. The molecule has 1 heterocycles. The van der Waals surface area contributed by atoms with Crippen LogP contribution in [0.2, 0.25) is 0 Å². The maximum Gasteiger partial charge on any atom is 0.256 e. The van der Waals surface area contributed by atoms with Crippen LogP contribution in [0.3, 0.4) is 0 Å². The van der Waals surface area contributed by atoms with Gasteiger partial charge < -0.3 is 5.32 Å². The fourth-order valence-electron chi connectivity index (χ4n) is 3.30. The second-order valence-corrected chi connectivity index (χ2v) is 9.27. The average Bonchev–Trinajstić information content (AvgIpc) is 2.73. The van der Waals surface area contributed by atoms with Crippen LogP contribution in [0.4, 0.5) is 5.69 Å². The molecule has 30 heavy (non-hydrogen) atoms. The molecule has 0 saturated carbocycles. The van der Waals surface area contributed by atoms with E-state index in [1.165, 1.54) is 16.4 Å². The molecule has 0 fully saturated rings. The van der Waals surface area contributed by atoms with E-state index in [2.05, 4.69) is 10.3 Å². The minimum Gasteiger partial charge on any atom is -0.322 e. The average molecular weight is 426 g/mol. The number of hydrogen-bond donors (Lipinski definition) is 1. The largest absolute Gasteiger partial charge is 0.322 e. The predicted molar refractivity (Wildman–Crippen MR) is 120 cm³/mol. The van der Waals surface area contributed by atoms with E-state index in [4.69, 9.17) is 0 Å². The number of nitrogens with one attached hydrogen (secondary N) is 1. The molecule has 2 aromatic carbocycles. The second-order valence-electron chi connectivity index (χ2n) is 7.33. The molecule has 0 aliphatic rings. The van der Waals surface area contributed by atoms with Crippen LogP contribution in [0.5, 0.6) is 0 Å². The fourth-order valence-corrected chi connectivity index (χ4v) is 4.76. The Balaban J connectivity index is 1.90. The summed E-state index contributed by atoms with van der Waals surface area (Å²) in [6.07, 6.45) is 0. The summed E-state index contributed by atoms with van der Waals surface area (Å²) < 4.78 is 26.7. The first-order valence-corrected chi connectivity index (χ1v) is 11.5. The first-order chi connectivity index (χ1) is 14.3. The standard InChI is InChI=1S/C23H27N3O3S/c1-5-26(6-2)30(28,29)18-13-11-17(12-14-18)24-23(27)20-15-22(16(3)4)25-21-10-8-7-9-19(20)21/h7-16H,5-6H2,1-4H3,(H,24,27). The van der Waals surface area contributed by atoms with E-state index in [9.17, 15) is 13.2 Å². The van der Waals surface area contributed by atoms with Crippen molar-refractivity contribution in [3.63, 3.8) is 0 Å². The van der Waals surface area contributed by atoms with E-state index < -0.39 is 10.0 Å². The van der Waals surface area contributed by atoms with Gasteiger partial charge >= 0.3 is 0 Å². The third kappa shape index (κ3) is 4.37. The molecule has 1 aromatic heterocycles. The number of anilines is 1. The number of rotatable bonds is 7. The van der Waals surface area contributed by atoms with Crippen LogP contribution >= 0.6 is 0 Å². The third-order valence-electron chi connectivity index (χ3n) is 5.03. The Hall–Kier alpha value is -2.77. The minimum atomic E-state index is -3.53. The molecule has 1 amide bonds. The van der Waals surface area contributed by atoms with Crippen LogP contribution in [0, 0.1) is 0 Å². The zero-order valence-electron chi connectivity index (χ0n) is 17.7. The summed E-state index contributed by atoms with van der Waals surface area (Å²) in [6.45, 7) is 8.50. The lowest BCUT2D eigenvalue weighted by atomic mass is 10.0. The Kier molecular flexibility index (Phi) is 6.53. The van der Waals surface area contributed by atoms with Gasteiger partial charge in [0.25, 0.3) is 5.91 Å². The summed E-state index contributed by atoms with van der Waals surface area (Å²) in [5.41, 5.74) is 2.70. The van der Waals surface area contributed by atoms with Crippen molar-refractivity contribution in [1.82, 2.24) is 9.29 Å². The smallest absolute Gasteiger partial charge is 0.256 e. The number of pyridine rings is 1. The number of aromatic nitrogens is 1. The monoisotopic (exact) mass is 425 g/mol. The summed E-state index contributed by atoms with van der Waals surface area (Å²) in [6, 6.07) is 15.6. The van der Waals surface area contributed by atoms with Crippen molar-refractivity contribution in [2.75, 3.05) is 18.4 Å². The van der Waals surface area contributed by atoms with Gasteiger partial charge in [-0.2, -0.15) is 4.31 Å². The molecule has 7 heteroatoms. The van der Waals surface area contributed by atoms with Gasteiger partial charge in [-0.3, -0.25) is 9.78 Å². The Morgan fingerprint density at radius 2 is 1.67 bits per heavy atom. The molecule has 0 aliphatic heterocycles. The molecule has 1 N–H and O–H groups in total. The maximum absolute atomic E-state index is 13.0. The SMILES string of the molecule is CCN(CC)S(=O)(=O)c1ccc(NC(=O)c2cc(C(C)C)nc3ccccc23)cc1. The first-order valence-electron chi connectivity index (χ1n) is 10.1. The lowest BCUT2D eigenvalue weighted by Gasteiger charge is -2.18. The van der Waals surface area contributed by atoms with Crippen molar-refractivity contribution in [2.45, 2.75) is 38.5 Å². The molecule has 0 saturated heterocycles. The number of carbonyl (C=O) groups excluding carboxylic acids is 1. The van der Waals surface area contributed by atoms with Crippen molar-refractivity contribution in [2.24, 2.45) is 0 Å². The molecule has 0 radical (unpaired) electrons. The van der Waals surface area contributed by atoms with Gasteiger partial charge in [-0.15, -0.1) is 0 Å². The van der Waals surface area contributed by atoms with Crippen molar-refractivity contribution < 1.29 is 13.2 Å². The summed E-state index contributed by atoms with van der Waals surface area (Å²) in [4.78, 5) is 17.9. The van der Waals surface area contributed by atoms with Gasteiger partial charge in [0.2, 0.25) is 10.0 Å². The summed E-state index contributed by atoms with van der Waals surface area (Å²) in [5, 5.41) is 3.66.